The van der Waals surface area contributed by atoms with Gasteiger partial charge in [0.1, 0.15) is 0 Å². The predicted molar refractivity (Wildman–Crippen MR) is 105 cm³/mol. The molecule has 0 bridgehead atoms. The Balaban J connectivity index is 1.30. The Labute approximate surface area is 163 Å². The summed E-state index contributed by atoms with van der Waals surface area (Å²) in [6.07, 6.45) is 0. The van der Waals surface area contributed by atoms with Gasteiger partial charge in [0.25, 0.3) is 0 Å². The SMILES string of the molecule is Cc1cc(Cl)ccc1NC(=O)N1CCN(Cc2ccc3c(c2)OCO3)CC1. The van der Waals surface area contributed by atoms with Gasteiger partial charge in [-0.3, -0.25) is 4.90 Å². The van der Waals surface area contributed by atoms with E-state index in [0.29, 0.717) is 24.9 Å². The Bertz CT molecular complexity index is 850. The smallest absolute Gasteiger partial charge is 0.321 e. The largest absolute Gasteiger partial charge is 0.454 e. The molecule has 0 radical (unpaired) electrons. The number of piperazine rings is 1. The van der Waals surface area contributed by atoms with Crippen LogP contribution in [0, 0.1) is 6.92 Å². The van der Waals surface area contributed by atoms with E-state index in [4.69, 9.17) is 21.1 Å². The lowest BCUT2D eigenvalue weighted by Gasteiger charge is -2.34. The van der Waals surface area contributed by atoms with Gasteiger partial charge in [-0.15, -0.1) is 0 Å². The number of anilines is 1. The van der Waals surface area contributed by atoms with Crippen molar-refractivity contribution in [3.05, 3.63) is 52.5 Å². The number of carbonyl (C=O) groups excluding carboxylic acids is 1. The van der Waals surface area contributed by atoms with Crippen LogP contribution in [-0.2, 0) is 6.54 Å². The average molecular weight is 388 g/mol. The van der Waals surface area contributed by atoms with Crippen molar-refractivity contribution < 1.29 is 14.3 Å². The number of fused-ring (bicyclic) bond motifs is 1. The maximum Gasteiger partial charge on any atom is 0.321 e. The van der Waals surface area contributed by atoms with Crippen molar-refractivity contribution in [1.82, 2.24) is 9.80 Å². The molecule has 2 heterocycles. The van der Waals surface area contributed by atoms with Gasteiger partial charge in [-0.05, 0) is 48.4 Å². The normalized spacial score (nSPS) is 16.4. The maximum atomic E-state index is 12.5. The van der Waals surface area contributed by atoms with Crippen LogP contribution in [0.15, 0.2) is 36.4 Å². The fraction of sp³-hybridized carbons (Fsp3) is 0.350. The van der Waals surface area contributed by atoms with Crippen LogP contribution >= 0.6 is 11.6 Å². The molecule has 0 saturated carbocycles. The zero-order chi connectivity index (χ0) is 18.8. The molecular formula is C20H22ClN3O3. The summed E-state index contributed by atoms with van der Waals surface area (Å²) >= 11 is 5.97. The third-order valence-corrected chi connectivity index (χ3v) is 5.17. The number of benzene rings is 2. The number of halogens is 1. The van der Waals surface area contributed by atoms with E-state index in [-0.39, 0.29) is 6.03 Å². The van der Waals surface area contributed by atoms with Gasteiger partial charge in [0.05, 0.1) is 0 Å². The topological polar surface area (TPSA) is 54.0 Å². The third-order valence-electron chi connectivity index (χ3n) is 4.93. The standard InChI is InChI=1S/C20H22ClN3O3/c1-14-10-16(21)3-4-17(14)22-20(25)24-8-6-23(7-9-24)12-15-2-5-18-19(11-15)27-13-26-18/h2-5,10-11H,6-9,12-13H2,1H3,(H,22,25). The minimum atomic E-state index is -0.0665. The van der Waals surface area contributed by atoms with Crippen molar-refractivity contribution >= 4 is 23.3 Å². The summed E-state index contributed by atoms with van der Waals surface area (Å²) < 4.78 is 10.8. The fourth-order valence-electron chi connectivity index (χ4n) is 3.37. The summed E-state index contributed by atoms with van der Waals surface area (Å²) in [5.41, 5.74) is 2.94. The number of hydrogen-bond donors (Lipinski definition) is 1. The van der Waals surface area contributed by atoms with Crippen LogP contribution in [-0.4, -0.2) is 48.8 Å². The summed E-state index contributed by atoms with van der Waals surface area (Å²) in [6.45, 7) is 6.13. The highest BCUT2D eigenvalue weighted by atomic mass is 35.5. The van der Waals surface area contributed by atoms with E-state index in [1.165, 1.54) is 5.56 Å². The molecule has 27 heavy (non-hydrogen) atoms. The molecule has 142 valence electrons. The summed E-state index contributed by atoms with van der Waals surface area (Å²) in [5.74, 6) is 1.61. The monoisotopic (exact) mass is 387 g/mol. The number of amides is 2. The Kier molecular flexibility index (Phi) is 5.09. The van der Waals surface area contributed by atoms with Crippen LogP contribution in [0.25, 0.3) is 0 Å². The van der Waals surface area contributed by atoms with E-state index in [2.05, 4.69) is 16.3 Å². The number of aryl methyl sites for hydroxylation is 1. The zero-order valence-electron chi connectivity index (χ0n) is 15.2. The molecule has 1 saturated heterocycles. The van der Waals surface area contributed by atoms with E-state index in [1.54, 1.807) is 6.07 Å². The number of rotatable bonds is 3. The number of ether oxygens (including phenoxy) is 2. The van der Waals surface area contributed by atoms with E-state index in [1.807, 2.05) is 36.1 Å². The Morgan fingerprint density at radius 3 is 2.63 bits per heavy atom. The van der Waals surface area contributed by atoms with Gasteiger partial charge in [0.2, 0.25) is 6.79 Å². The second-order valence-corrected chi connectivity index (χ2v) is 7.28. The summed E-state index contributed by atoms with van der Waals surface area (Å²) in [4.78, 5) is 16.7. The lowest BCUT2D eigenvalue weighted by molar-refractivity contribution is 0.143. The molecule has 2 aliphatic heterocycles. The minimum Gasteiger partial charge on any atom is -0.454 e. The Morgan fingerprint density at radius 2 is 1.85 bits per heavy atom. The first-order valence-electron chi connectivity index (χ1n) is 9.01. The van der Waals surface area contributed by atoms with Gasteiger partial charge < -0.3 is 19.7 Å². The second kappa shape index (κ2) is 7.66. The molecule has 4 rings (SSSR count). The molecule has 1 fully saturated rings. The van der Waals surface area contributed by atoms with E-state index < -0.39 is 0 Å². The van der Waals surface area contributed by atoms with Crippen molar-refractivity contribution in [2.24, 2.45) is 0 Å². The van der Waals surface area contributed by atoms with Crippen LogP contribution in [0.2, 0.25) is 5.02 Å². The highest BCUT2D eigenvalue weighted by Gasteiger charge is 2.22. The fourth-order valence-corrected chi connectivity index (χ4v) is 3.59. The van der Waals surface area contributed by atoms with Crippen molar-refractivity contribution in [1.29, 1.82) is 0 Å². The van der Waals surface area contributed by atoms with Crippen LogP contribution < -0.4 is 14.8 Å². The van der Waals surface area contributed by atoms with Crippen molar-refractivity contribution in [2.75, 3.05) is 38.3 Å². The molecule has 2 aliphatic rings. The number of carbonyl (C=O) groups is 1. The highest BCUT2D eigenvalue weighted by molar-refractivity contribution is 6.30. The highest BCUT2D eigenvalue weighted by Crippen LogP contribution is 2.32. The van der Waals surface area contributed by atoms with Crippen molar-refractivity contribution in [3.8, 4) is 11.5 Å². The van der Waals surface area contributed by atoms with E-state index >= 15 is 0 Å². The molecule has 7 heteroatoms. The van der Waals surface area contributed by atoms with Crippen LogP contribution in [0.4, 0.5) is 10.5 Å². The third kappa shape index (κ3) is 4.12. The molecule has 2 aromatic carbocycles. The van der Waals surface area contributed by atoms with Gasteiger partial charge >= 0.3 is 6.03 Å². The van der Waals surface area contributed by atoms with Gasteiger partial charge in [-0.2, -0.15) is 0 Å². The molecule has 1 N–H and O–H groups in total. The van der Waals surface area contributed by atoms with Crippen molar-refractivity contribution in [3.63, 3.8) is 0 Å². The molecule has 2 aromatic rings. The number of urea groups is 1. The van der Waals surface area contributed by atoms with Crippen LogP contribution in [0.3, 0.4) is 0 Å². The molecule has 6 nitrogen and oxygen atoms in total. The Morgan fingerprint density at radius 1 is 1.07 bits per heavy atom. The molecule has 0 spiro atoms. The first-order valence-corrected chi connectivity index (χ1v) is 9.39. The number of hydrogen-bond acceptors (Lipinski definition) is 4. The van der Waals surface area contributed by atoms with Crippen molar-refractivity contribution in [2.45, 2.75) is 13.5 Å². The number of nitrogens with one attached hydrogen (secondary N) is 1. The lowest BCUT2D eigenvalue weighted by Crippen LogP contribution is -2.49. The van der Waals surface area contributed by atoms with E-state index in [9.17, 15) is 4.79 Å². The van der Waals surface area contributed by atoms with Crippen LogP contribution in [0.5, 0.6) is 11.5 Å². The summed E-state index contributed by atoms with van der Waals surface area (Å²) in [6, 6.07) is 11.5. The van der Waals surface area contributed by atoms with Gasteiger partial charge in [-0.1, -0.05) is 17.7 Å². The second-order valence-electron chi connectivity index (χ2n) is 6.84. The zero-order valence-corrected chi connectivity index (χ0v) is 16.0. The number of nitrogens with zero attached hydrogens (tertiary/aromatic N) is 2. The molecular weight excluding hydrogens is 366 g/mol. The van der Waals surface area contributed by atoms with E-state index in [0.717, 1.165) is 42.4 Å². The summed E-state index contributed by atoms with van der Waals surface area (Å²) in [7, 11) is 0. The Hall–Kier alpha value is -2.44. The predicted octanol–water partition coefficient (Wildman–Crippen LogP) is 3.73. The quantitative estimate of drug-likeness (QED) is 0.871. The molecule has 0 aromatic heterocycles. The molecule has 0 unspecified atom stereocenters. The first-order chi connectivity index (χ1) is 13.1. The molecule has 0 atom stereocenters. The van der Waals surface area contributed by atoms with Gasteiger partial charge in [-0.25, -0.2) is 4.79 Å². The summed E-state index contributed by atoms with van der Waals surface area (Å²) in [5, 5.41) is 3.65. The van der Waals surface area contributed by atoms with Gasteiger partial charge in [0.15, 0.2) is 11.5 Å². The average Bonchev–Trinajstić information content (AvgIpc) is 3.12. The van der Waals surface area contributed by atoms with Gasteiger partial charge in [0, 0.05) is 43.4 Å². The first kappa shape index (κ1) is 17.9. The minimum absolute atomic E-state index is 0.0665. The maximum absolute atomic E-state index is 12.5. The lowest BCUT2D eigenvalue weighted by atomic mass is 10.1. The van der Waals surface area contributed by atoms with Crippen LogP contribution in [0.1, 0.15) is 11.1 Å². The molecule has 0 aliphatic carbocycles. The molecule has 2 amide bonds.